The molecule has 3 rings (SSSR count). The van der Waals surface area contributed by atoms with Crippen LogP contribution in [0.1, 0.15) is 71.8 Å². The van der Waals surface area contributed by atoms with E-state index in [1.165, 1.54) is 4.88 Å². The van der Waals surface area contributed by atoms with Crippen LogP contribution in [-0.2, 0) is 11.3 Å². The highest BCUT2D eigenvalue weighted by Crippen LogP contribution is 2.25. The Morgan fingerprint density at radius 3 is 2.79 bits per heavy atom. The van der Waals surface area contributed by atoms with Crippen LogP contribution in [0.25, 0.3) is 0 Å². The molecule has 0 aromatic carbocycles. The fourth-order valence-electron chi connectivity index (χ4n) is 2.63. The Bertz CT molecular complexity index is 676. The van der Waals surface area contributed by atoms with Gasteiger partial charge in [0.05, 0.1) is 5.56 Å². The van der Waals surface area contributed by atoms with Crippen LogP contribution in [-0.4, -0.2) is 22.5 Å². The number of amides is 1. The van der Waals surface area contributed by atoms with Crippen molar-refractivity contribution in [2.24, 2.45) is 0 Å². The average molecular weight is 345 g/mol. The summed E-state index contributed by atoms with van der Waals surface area (Å²) in [6.45, 7) is 5.47. The summed E-state index contributed by atoms with van der Waals surface area (Å²) in [5.41, 5.74) is 1.61. The number of nitrogens with one attached hydrogen (secondary N) is 1. The first-order valence-corrected chi connectivity index (χ1v) is 9.30. The molecule has 1 atom stereocenters. The molecule has 0 bridgehead atoms. The van der Waals surface area contributed by atoms with E-state index in [2.05, 4.69) is 29.1 Å². The van der Waals surface area contributed by atoms with Crippen LogP contribution in [0.2, 0.25) is 0 Å². The molecule has 1 aliphatic heterocycles. The maximum Gasteiger partial charge on any atom is 0.252 e. The summed E-state index contributed by atoms with van der Waals surface area (Å²) < 4.78 is 5.69. The largest absolute Gasteiger partial charge is 0.370 e. The van der Waals surface area contributed by atoms with E-state index in [0.717, 1.165) is 42.8 Å². The molecular weight excluding hydrogens is 322 g/mol. The zero-order valence-corrected chi connectivity index (χ0v) is 14.9. The first-order valence-electron chi connectivity index (χ1n) is 8.42. The fourth-order valence-corrected chi connectivity index (χ4v) is 3.53. The van der Waals surface area contributed by atoms with Gasteiger partial charge in [0, 0.05) is 41.4 Å². The van der Waals surface area contributed by atoms with Crippen molar-refractivity contribution in [1.29, 1.82) is 0 Å². The van der Waals surface area contributed by atoms with E-state index in [9.17, 15) is 4.79 Å². The molecular formula is C18H23N3O2S. The topological polar surface area (TPSA) is 64.1 Å². The van der Waals surface area contributed by atoms with Gasteiger partial charge in [-0.05, 0) is 31.2 Å². The van der Waals surface area contributed by atoms with Crippen molar-refractivity contribution in [3.05, 3.63) is 45.7 Å². The predicted octanol–water partition coefficient (Wildman–Crippen LogP) is 3.83. The van der Waals surface area contributed by atoms with Gasteiger partial charge in [-0.25, -0.2) is 9.97 Å². The van der Waals surface area contributed by atoms with Gasteiger partial charge in [-0.2, -0.15) is 0 Å². The van der Waals surface area contributed by atoms with Gasteiger partial charge < -0.3 is 10.1 Å². The second-order valence-electron chi connectivity index (χ2n) is 6.38. The molecule has 128 valence electrons. The molecule has 5 nitrogen and oxygen atoms in total. The Labute approximate surface area is 146 Å². The molecule has 0 spiro atoms. The molecule has 1 aliphatic rings. The molecule has 1 N–H and O–H groups in total. The van der Waals surface area contributed by atoms with Gasteiger partial charge in [-0.3, -0.25) is 4.79 Å². The molecule has 0 unspecified atom stereocenters. The van der Waals surface area contributed by atoms with Crippen LogP contribution in [0.3, 0.4) is 0 Å². The molecule has 6 heteroatoms. The molecule has 24 heavy (non-hydrogen) atoms. The van der Waals surface area contributed by atoms with E-state index in [1.54, 1.807) is 23.7 Å². The number of carbonyl (C=O) groups is 1. The van der Waals surface area contributed by atoms with E-state index < -0.39 is 0 Å². The molecule has 1 saturated heterocycles. The lowest BCUT2D eigenvalue weighted by molar-refractivity contribution is 0.00940. The van der Waals surface area contributed by atoms with Crippen molar-refractivity contribution < 1.29 is 9.53 Å². The number of ether oxygens (including phenoxy) is 1. The Balaban J connectivity index is 1.54. The van der Waals surface area contributed by atoms with Crippen LogP contribution in [0, 0.1) is 0 Å². The van der Waals surface area contributed by atoms with E-state index in [1.807, 2.05) is 11.4 Å². The first-order chi connectivity index (χ1) is 11.6. The number of thiophene rings is 1. The quantitative estimate of drug-likeness (QED) is 0.894. The minimum absolute atomic E-state index is 0.0163. The third-order valence-electron chi connectivity index (χ3n) is 4.10. The van der Waals surface area contributed by atoms with Gasteiger partial charge in [0.1, 0.15) is 6.10 Å². The van der Waals surface area contributed by atoms with Gasteiger partial charge >= 0.3 is 0 Å². The van der Waals surface area contributed by atoms with Crippen molar-refractivity contribution in [3.63, 3.8) is 0 Å². The van der Waals surface area contributed by atoms with E-state index >= 15 is 0 Å². The summed E-state index contributed by atoms with van der Waals surface area (Å²) >= 11 is 1.63. The highest BCUT2D eigenvalue weighted by molar-refractivity contribution is 7.10. The maximum absolute atomic E-state index is 12.2. The lowest BCUT2D eigenvalue weighted by atomic mass is 10.1. The van der Waals surface area contributed by atoms with Gasteiger partial charge in [0.2, 0.25) is 0 Å². The zero-order chi connectivity index (χ0) is 16.9. The van der Waals surface area contributed by atoms with Gasteiger partial charge in [-0.1, -0.05) is 13.8 Å². The number of nitrogens with zero attached hydrogens (tertiary/aromatic N) is 2. The Kier molecular flexibility index (Phi) is 5.58. The van der Waals surface area contributed by atoms with Crippen LogP contribution in [0.15, 0.2) is 23.8 Å². The molecule has 2 aromatic rings. The average Bonchev–Trinajstić information content (AvgIpc) is 3.11. The molecule has 0 saturated carbocycles. The summed E-state index contributed by atoms with van der Waals surface area (Å²) in [7, 11) is 0. The summed E-state index contributed by atoms with van der Waals surface area (Å²) in [5.74, 6) is 1.13. The first kappa shape index (κ1) is 17.0. The molecule has 1 fully saturated rings. The van der Waals surface area contributed by atoms with Gasteiger partial charge in [0.25, 0.3) is 5.91 Å². The number of hydrogen-bond donors (Lipinski definition) is 1. The number of carbonyl (C=O) groups excluding carboxylic acids is 1. The third kappa shape index (κ3) is 4.19. The van der Waals surface area contributed by atoms with E-state index in [-0.39, 0.29) is 12.0 Å². The Hall–Kier alpha value is -1.79. The molecule has 3 heterocycles. The monoisotopic (exact) mass is 345 g/mol. The SMILES string of the molecule is CC(C)c1cc(C(=O)NCc2cnc([C@@H]3CCCCO3)nc2)cs1. The number of rotatable bonds is 5. The minimum atomic E-state index is -0.0576. The second kappa shape index (κ2) is 7.85. The summed E-state index contributed by atoms with van der Waals surface area (Å²) in [5, 5.41) is 4.83. The summed E-state index contributed by atoms with van der Waals surface area (Å²) in [6, 6.07) is 1.96. The van der Waals surface area contributed by atoms with Crippen molar-refractivity contribution >= 4 is 17.2 Å². The molecule has 0 radical (unpaired) electrons. The molecule has 0 aliphatic carbocycles. The summed E-state index contributed by atoms with van der Waals surface area (Å²) in [4.78, 5) is 22.2. The Morgan fingerprint density at radius 2 is 2.17 bits per heavy atom. The predicted molar refractivity (Wildman–Crippen MR) is 94.2 cm³/mol. The highest BCUT2D eigenvalue weighted by atomic mass is 32.1. The highest BCUT2D eigenvalue weighted by Gasteiger charge is 2.18. The summed E-state index contributed by atoms with van der Waals surface area (Å²) in [6.07, 6.45) is 6.81. The number of aromatic nitrogens is 2. The smallest absolute Gasteiger partial charge is 0.252 e. The fraction of sp³-hybridized carbons (Fsp3) is 0.500. The lowest BCUT2D eigenvalue weighted by Gasteiger charge is -2.21. The van der Waals surface area contributed by atoms with Crippen LogP contribution < -0.4 is 5.32 Å². The van der Waals surface area contributed by atoms with Crippen LogP contribution in [0.4, 0.5) is 0 Å². The second-order valence-corrected chi connectivity index (χ2v) is 7.32. The van der Waals surface area contributed by atoms with Crippen LogP contribution in [0.5, 0.6) is 0 Å². The van der Waals surface area contributed by atoms with E-state index in [4.69, 9.17) is 4.74 Å². The zero-order valence-electron chi connectivity index (χ0n) is 14.1. The van der Waals surface area contributed by atoms with Crippen LogP contribution >= 0.6 is 11.3 Å². The van der Waals surface area contributed by atoms with Gasteiger partial charge in [-0.15, -0.1) is 11.3 Å². The normalized spacial score (nSPS) is 17.9. The van der Waals surface area contributed by atoms with Crippen molar-refractivity contribution in [2.75, 3.05) is 6.61 Å². The van der Waals surface area contributed by atoms with E-state index in [0.29, 0.717) is 12.5 Å². The van der Waals surface area contributed by atoms with Gasteiger partial charge in [0.15, 0.2) is 5.82 Å². The standard InChI is InChI=1S/C18H23N3O2S/c1-12(2)16-7-14(11-24-16)18(22)21-10-13-8-19-17(20-9-13)15-5-3-4-6-23-15/h7-9,11-12,15H,3-6,10H2,1-2H3,(H,21,22)/t15-/m0/s1. The maximum atomic E-state index is 12.2. The number of hydrogen-bond acceptors (Lipinski definition) is 5. The van der Waals surface area contributed by atoms with Crippen molar-refractivity contribution in [1.82, 2.24) is 15.3 Å². The third-order valence-corrected chi connectivity index (χ3v) is 5.33. The molecule has 1 amide bonds. The molecule has 2 aromatic heterocycles. The van der Waals surface area contributed by atoms with Crippen molar-refractivity contribution in [2.45, 2.75) is 51.7 Å². The Morgan fingerprint density at radius 1 is 1.38 bits per heavy atom. The lowest BCUT2D eigenvalue weighted by Crippen LogP contribution is -2.22. The van der Waals surface area contributed by atoms with Crippen molar-refractivity contribution in [3.8, 4) is 0 Å². The minimum Gasteiger partial charge on any atom is -0.370 e.